The lowest BCUT2D eigenvalue weighted by Gasteiger charge is -2.43. The molecule has 12 rings (SSSR count). The van der Waals surface area contributed by atoms with Crippen LogP contribution < -0.4 is 14.7 Å². The van der Waals surface area contributed by atoms with Crippen molar-refractivity contribution in [1.82, 2.24) is 4.90 Å². The van der Waals surface area contributed by atoms with Gasteiger partial charge in [-0.05, 0) is 140 Å². The van der Waals surface area contributed by atoms with Crippen LogP contribution in [0.4, 0.5) is 17.1 Å². The summed E-state index contributed by atoms with van der Waals surface area (Å²) in [7, 11) is 0. The van der Waals surface area contributed by atoms with Gasteiger partial charge in [0.05, 0.1) is 18.1 Å². The highest BCUT2D eigenvalue weighted by Crippen LogP contribution is 2.40. The van der Waals surface area contributed by atoms with E-state index in [0.29, 0.717) is 11.8 Å². The standard InChI is InChI=1S/C66H60N4/c1-4-22-55(23-5-1)68(64-31-28-49-16-10-13-19-52(49)46-64)61-40-34-58(35-41-61)67(59-36-42-62(43-37-59)69(56-24-6-2-7-25-56)65-32-29-50-17-11-14-20-53(50)47-65)60-38-44-63(45-39-60)70(57-26-8-3-9-27-57)66-33-30-51-18-12-15-21-54(51)48-66/h1-2,4-8,10-27,30-36,38,40,42-50,59-61H,3,9,28-29,37,39,41H2. The first kappa shape index (κ1) is 43.5. The average Bonchev–Trinajstić information content (AvgIpc) is 3.43. The van der Waals surface area contributed by atoms with Crippen LogP contribution in [0.25, 0.3) is 10.8 Å². The van der Waals surface area contributed by atoms with E-state index < -0.39 is 0 Å². The molecule has 0 amide bonds. The van der Waals surface area contributed by atoms with Gasteiger partial charge in [0.1, 0.15) is 0 Å². The summed E-state index contributed by atoms with van der Waals surface area (Å²) in [5, 5.41) is 2.51. The molecule has 0 heterocycles. The lowest BCUT2D eigenvalue weighted by Crippen LogP contribution is -2.43. The molecular formula is C66H60N4. The van der Waals surface area contributed by atoms with Crippen molar-refractivity contribution in [2.45, 2.75) is 63.1 Å². The molecule has 8 aliphatic carbocycles. The minimum absolute atomic E-state index is 0.160. The van der Waals surface area contributed by atoms with Crippen LogP contribution in [0.15, 0.2) is 294 Å². The molecule has 0 saturated heterocycles. The molecule has 0 fully saturated rings. The van der Waals surface area contributed by atoms with Crippen molar-refractivity contribution in [2.24, 2.45) is 11.8 Å². The highest BCUT2D eigenvalue weighted by atomic mass is 15.2. The molecule has 5 unspecified atom stereocenters. The fourth-order valence-corrected chi connectivity index (χ4v) is 11.4. The second kappa shape index (κ2) is 19.7. The summed E-state index contributed by atoms with van der Waals surface area (Å²) in [6.45, 7) is 0. The molecule has 0 radical (unpaired) electrons. The summed E-state index contributed by atoms with van der Waals surface area (Å²) < 4.78 is 0. The van der Waals surface area contributed by atoms with E-state index in [-0.39, 0.29) is 18.1 Å². The minimum atomic E-state index is 0.160. The summed E-state index contributed by atoms with van der Waals surface area (Å²) in [5.74, 6) is 0.898. The van der Waals surface area contributed by atoms with Crippen LogP contribution in [0.5, 0.6) is 0 Å². The quantitative estimate of drug-likeness (QED) is 0.140. The Kier molecular flexibility index (Phi) is 12.2. The number of benzene rings is 4. The number of hydrogen-bond donors (Lipinski definition) is 0. The maximum atomic E-state index is 2.71. The molecule has 8 aliphatic rings. The van der Waals surface area contributed by atoms with E-state index in [1.807, 2.05) is 0 Å². The molecule has 4 aromatic rings. The van der Waals surface area contributed by atoms with E-state index in [1.165, 1.54) is 73.2 Å². The van der Waals surface area contributed by atoms with Gasteiger partial charge in [0, 0.05) is 63.1 Å². The summed E-state index contributed by atoms with van der Waals surface area (Å²) in [6.07, 6.45) is 63.5. The third-order valence-electron chi connectivity index (χ3n) is 15.0. The van der Waals surface area contributed by atoms with Crippen molar-refractivity contribution in [1.29, 1.82) is 0 Å². The smallest absolute Gasteiger partial charge is 0.0561 e. The van der Waals surface area contributed by atoms with Crippen LogP contribution in [0.1, 0.15) is 44.9 Å². The highest BCUT2D eigenvalue weighted by Gasteiger charge is 2.32. The topological polar surface area (TPSA) is 13.0 Å². The van der Waals surface area contributed by atoms with Crippen LogP contribution in [0.3, 0.4) is 0 Å². The minimum Gasteiger partial charge on any atom is -0.358 e. The lowest BCUT2D eigenvalue weighted by molar-refractivity contribution is 0.250. The summed E-state index contributed by atoms with van der Waals surface area (Å²) in [6, 6.07) is 37.9. The van der Waals surface area contributed by atoms with Gasteiger partial charge < -0.3 is 19.6 Å². The van der Waals surface area contributed by atoms with E-state index in [4.69, 9.17) is 0 Å². The number of hydrogen-bond acceptors (Lipinski definition) is 4. The number of allylic oxidation sites excluding steroid dienone is 20. The van der Waals surface area contributed by atoms with Crippen LogP contribution in [0, 0.1) is 11.8 Å². The van der Waals surface area contributed by atoms with Crippen LogP contribution in [-0.2, 0) is 0 Å². The van der Waals surface area contributed by atoms with Gasteiger partial charge in [-0.3, -0.25) is 0 Å². The van der Waals surface area contributed by atoms with E-state index in [9.17, 15) is 0 Å². The second-order valence-corrected chi connectivity index (χ2v) is 19.4. The predicted molar refractivity (Wildman–Crippen MR) is 295 cm³/mol. The summed E-state index contributed by atoms with van der Waals surface area (Å²) in [5.41, 5.74) is 13.8. The zero-order valence-electron chi connectivity index (χ0n) is 39.8. The zero-order chi connectivity index (χ0) is 46.6. The first-order chi connectivity index (χ1) is 34.7. The Morgan fingerprint density at radius 2 is 0.900 bits per heavy atom. The van der Waals surface area contributed by atoms with Gasteiger partial charge in [0.2, 0.25) is 0 Å². The summed E-state index contributed by atoms with van der Waals surface area (Å²) in [4.78, 5) is 10.2. The van der Waals surface area contributed by atoms with Gasteiger partial charge in [-0.15, -0.1) is 0 Å². The Morgan fingerprint density at radius 3 is 1.53 bits per heavy atom. The Labute approximate surface area is 414 Å². The number of fused-ring (bicyclic) bond motifs is 3. The molecular weight excluding hydrogens is 849 g/mol. The molecule has 4 aromatic carbocycles. The van der Waals surface area contributed by atoms with Crippen LogP contribution in [-0.4, -0.2) is 23.0 Å². The van der Waals surface area contributed by atoms with Gasteiger partial charge in [-0.25, -0.2) is 0 Å². The Bertz CT molecular complexity index is 3170. The molecule has 0 aromatic heterocycles. The van der Waals surface area contributed by atoms with Crippen molar-refractivity contribution in [3.63, 3.8) is 0 Å². The summed E-state index contributed by atoms with van der Waals surface area (Å²) >= 11 is 0. The maximum Gasteiger partial charge on any atom is 0.0561 e. The molecule has 4 heteroatoms. The first-order valence-electron chi connectivity index (χ1n) is 25.5. The zero-order valence-corrected chi connectivity index (χ0v) is 39.8. The molecule has 0 N–H and O–H groups in total. The fourth-order valence-electron chi connectivity index (χ4n) is 11.4. The second-order valence-electron chi connectivity index (χ2n) is 19.4. The SMILES string of the molecule is C1=CC2=CC(N(C3=CCC(N(C4=CCC(N(C5=CCC6C=CC=CC6=C5)c5ccccc5)C=C4)C4C=CC(N(C5=CCCC=C5)c5ccc6ccccc6c5)=CC4)C=C3)c3ccccc3)=CCC2C=C1. The van der Waals surface area contributed by atoms with E-state index in [1.54, 1.807) is 0 Å². The molecule has 0 aliphatic heterocycles. The van der Waals surface area contributed by atoms with Gasteiger partial charge in [0.25, 0.3) is 0 Å². The normalized spacial score (nSPS) is 24.0. The van der Waals surface area contributed by atoms with Gasteiger partial charge >= 0.3 is 0 Å². The number of rotatable bonds is 12. The Morgan fingerprint density at radius 1 is 0.357 bits per heavy atom. The monoisotopic (exact) mass is 908 g/mol. The number of anilines is 3. The highest BCUT2D eigenvalue weighted by molar-refractivity contribution is 5.87. The molecule has 4 nitrogen and oxygen atoms in total. The van der Waals surface area contributed by atoms with E-state index in [0.717, 1.165) is 44.9 Å². The molecule has 0 saturated carbocycles. The van der Waals surface area contributed by atoms with Crippen molar-refractivity contribution < 1.29 is 0 Å². The van der Waals surface area contributed by atoms with Crippen LogP contribution >= 0.6 is 0 Å². The molecule has 5 atom stereocenters. The van der Waals surface area contributed by atoms with Crippen molar-refractivity contribution in [3.8, 4) is 0 Å². The van der Waals surface area contributed by atoms with Crippen molar-refractivity contribution in [2.75, 3.05) is 14.7 Å². The van der Waals surface area contributed by atoms with E-state index in [2.05, 4.69) is 269 Å². The van der Waals surface area contributed by atoms with Crippen molar-refractivity contribution >= 4 is 27.8 Å². The van der Waals surface area contributed by atoms with Crippen LogP contribution in [0.2, 0.25) is 0 Å². The van der Waals surface area contributed by atoms with Gasteiger partial charge in [0.15, 0.2) is 0 Å². The van der Waals surface area contributed by atoms with Gasteiger partial charge in [-0.1, -0.05) is 176 Å². The number of nitrogens with zero attached hydrogens (tertiary/aromatic N) is 4. The third-order valence-corrected chi connectivity index (χ3v) is 15.0. The Balaban J connectivity index is 0.869. The Hall–Kier alpha value is -7.82. The first-order valence-corrected chi connectivity index (χ1v) is 25.5. The number of para-hydroxylation sites is 2. The predicted octanol–water partition coefficient (Wildman–Crippen LogP) is 15.7. The molecule has 70 heavy (non-hydrogen) atoms. The van der Waals surface area contributed by atoms with Gasteiger partial charge in [-0.2, -0.15) is 0 Å². The molecule has 0 bridgehead atoms. The largest absolute Gasteiger partial charge is 0.358 e. The van der Waals surface area contributed by atoms with E-state index >= 15 is 0 Å². The average molecular weight is 909 g/mol. The third kappa shape index (κ3) is 8.87. The van der Waals surface area contributed by atoms with Crippen molar-refractivity contribution in [3.05, 3.63) is 294 Å². The fraction of sp³-hybridized carbons (Fsp3) is 0.182. The molecule has 0 spiro atoms. The maximum absolute atomic E-state index is 2.71. The lowest BCUT2D eigenvalue weighted by atomic mass is 9.86. The molecule has 344 valence electrons.